The lowest BCUT2D eigenvalue weighted by Crippen LogP contribution is -2.27. The lowest BCUT2D eigenvalue weighted by Gasteiger charge is -2.25. The Morgan fingerprint density at radius 3 is 2.13 bits per heavy atom. The van der Waals surface area contributed by atoms with Gasteiger partial charge in [-0.3, -0.25) is 0 Å². The van der Waals surface area contributed by atoms with Gasteiger partial charge in [0.05, 0.1) is 13.2 Å². The van der Waals surface area contributed by atoms with Crippen LogP contribution in [0.3, 0.4) is 0 Å². The number of benzene rings is 1. The summed E-state index contributed by atoms with van der Waals surface area (Å²) in [5.41, 5.74) is 1.07. The number of hydrogen-bond acceptors (Lipinski definition) is 2. The minimum Gasteiger partial charge on any atom is -0.497 e. The van der Waals surface area contributed by atoms with E-state index >= 15 is 0 Å². The van der Waals surface area contributed by atoms with Crippen molar-refractivity contribution in [1.82, 2.24) is 0 Å². The largest absolute Gasteiger partial charge is 0.497 e. The van der Waals surface area contributed by atoms with Gasteiger partial charge in [0.25, 0.3) is 0 Å². The Labute approximate surface area is 91.9 Å². The van der Waals surface area contributed by atoms with Gasteiger partial charge in [-0.25, -0.2) is 0 Å². The van der Waals surface area contributed by atoms with E-state index in [1.807, 2.05) is 45.0 Å². The topological polar surface area (TPSA) is 29.5 Å². The molecule has 1 N–H and O–H groups in total. The Hall–Kier alpha value is -1.02. The summed E-state index contributed by atoms with van der Waals surface area (Å²) in [6, 6.07) is 7.83. The van der Waals surface area contributed by atoms with E-state index in [0.717, 1.165) is 11.3 Å². The first-order chi connectivity index (χ1) is 6.93. The molecule has 1 rings (SSSR count). The predicted octanol–water partition coefficient (Wildman–Crippen LogP) is 2.64. The van der Waals surface area contributed by atoms with Gasteiger partial charge >= 0.3 is 0 Å². The Kier molecular flexibility index (Phi) is 3.75. The zero-order valence-electron chi connectivity index (χ0n) is 9.95. The average Bonchev–Trinajstić information content (AvgIpc) is 2.17. The van der Waals surface area contributed by atoms with Crippen LogP contribution >= 0.6 is 0 Å². The van der Waals surface area contributed by atoms with Gasteiger partial charge in [-0.15, -0.1) is 0 Å². The van der Waals surface area contributed by atoms with Crippen molar-refractivity contribution >= 4 is 0 Å². The van der Waals surface area contributed by atoms with E-state index in [0.29, 0.717) is 6.42 Å². The van der Waals surface area contributed by atoms with Gasteiger partial charge < -0.3 is 9.84 Å². The second-order valence-electron chi connectivity index (χ2n) is 4.93. The van der Waals surface area contributed by atoms with E-state index in [-0.39, 0.29) is 11.5 Å². The smallest absolute Gasteiger partial charge is 0.118 e. The fraction of sp³-hybridized carbons (Fsp3) is 0.538. The summed E-state index contributed by atoms with van der Waals surface area (Å²) >= 11 is 0. The van der Waals surface area contributed by atoms with Crippen molar-refractivity contribution in [1.29, 1.82) is 0 Å². The van der Waals surface area contributed by atoms with Gasteiger partial charge in [0, 0.05) is 0 Å². The number of aliphatic hydroxyl groups is 1. The Morgan fingerprint density at radius 2 is 1.73 bits per heavy atom. The summed E-state index contributed by atoms with van der Waals surface area (Å²) in [6.45, 7) is 6.13. The SMILES string of the molecule is COc1ccc(CC(O)C(C)(C)C)cc1. The van der Waals surface area contributed by atoms with E-state index in [1.165, 1.54) is 0 Å². The Balaban J connectivity index is 2.65. The van der Waals surface area contributed by atoms with Crippen LogP contribution in [0.2, 0.25) is 0 Å². The molecule has 0 aliphatic rings. The number of hydrogen-bond donors (Lipinski definition) is 1. The fourth-order valence-corrected chi connectivity index (χ4v) is 1.29. The van der Waals surface area contributed by atoms with Crippen LogP contribution in [0, 0.1) is 5.41 Å². The van der Waals surface area contributed by atoms with Crippen LogP contribution in [0.15, 0.2) is 24.3 Å². The Morgan fingerprint density at radius 1 is 1.20 bits per heavy atom. The van der Waals surface area contributed by atoms with Crippen LogP contribution in [0.4, 0.5) is 0 Å². The molecule has 0 heterocycles. The molecule has 1 unspecified atom stereocenters. The van der Waals surface area contributed by atoms with E-state index in [2.05, 4.69) is 0 Å². The molecular formula is C13H20O2. The highest BCUT2D eigenvalue weighted by molar-refractivity contribution is 5.27. The lowest BCUT2D eigenvalue weighted by atomic mass is 9.85. The van der Waals surface area contributed by atoms with Crippen molar-refractivity contribution in [2.45, 2.75) is 33.3 Å². The maximum atomic E-state index is 9.93. The van der Waals surface area contributed by atoms with Gasteiger partial charge in [0.2, 0.25) is 0 Å². The molecule has 2 heteroatoms. The first kappa shape index (κ1) is 12.1. The summed E-state index contributed by atoms with van der Waals surface area (Å²) in [4.78, 5) is 0. The molecule has 1 aromatic rings. The number of methoxy groups -OCH3 is 1. The number of aliphatic hydroxyl groups excluding tert-OH is 1. The van der Waals surface area contributed by atoms with Gasteiger partial charge in [-0.1, -0.05) is 32.9 Å². The molecule has 0 aliphatic carbocycles. The van der Waals surface area contributed by atoms with E-state index < -0.39 is 0 Å². The standard InChI is InChI=1S/C13H20O2/c1-13(2,3)12(14)9-10-5-7-11(15-4)8-6-10/h5-8,12,14H,9H2,1-4H3. The lowest BCUT2D eigenvalue weighted by molar-refractivity contribution is 0.0636. The molecule has 0 amide bonds. The molecule has 0 bridgehead atoms. The minimum atomic E-state index is -0.314. The molecule has 2 nitrogen and oxygen atoms in total. The third kappa shape index (κ3) is 3.56. The monoisotopic (exact) mass is 208 g/mol. The highest BCUT2D eigenvalue weighted by Crippen LogP contribution is 2.23. The molecule has 0 saturated heterocycles. The third-order valence-corrected chi connectivity index (χ3v) is 2.59. The van der Waals surface area contributed by atoms with E-state index in [9.17, 15) is 5.11 Å². The summed E-state index contributed by atoms with van der Waals surface area (Å²) in [5, 5.41) is 9.93. The van der Waals surface area contributed by atoms with E-state index in [1.54, 1.807) is 7.11 Å². The zero-order valence-corrected chi connectivity index (χ0v) is 9.95. The zero-order chi connectivity index (χ0) is 11.5. The van der Waals surface area contributed by atoms with Crippen molar-refractivity contribution in [3.05, 3.63) is 29.8 Å². The fourth-order valence-electron chi connectivity index (χ4n) is 1.29. The van der Waals surface area contributed by atoms with Crippen LogP contribution in [0.5, 0.6) is 5.75 Å². The average molecular weight is 208 g/mol. The summed E-state index contributed by atoms with van der Waals surface area (Å²) < 4.78 is 5.08. The van der Waals surface area contributed by atoms with Gasteiger partial charge in [-0.2, -0.15) is 0 Å². The van der Waals surface area contributed by atoms with Gasteiger partial charge in [0.15, 0.2) is 0 Å². The highest BCUT2D eigenvalue weighted by Gasteiger charge is 2.21. The summed E-state index contributed by atoms with van der Waals surface area (Å²) in [5.74, 6) is 0.851. The number of rotatable bonds is 3. The molecule has 84 valence electrons. The third-order valence-electron chi connectivity index (χ3n) is 2.59. The normalized spacial score (nSPS) is 13.7. The quantitative estimate of drug-likeness (QED) is 0.827. The van der Waals surface area contributed by atoms with Crippen LogP contribution in [0.1, 0.15) is 26.3 Å². The molecule has 0 radical (unpaired) electrons. The van der Waals surface area contributed by atoms with Crippen LogP contribution in [-0.4, -0.2) is 18.3 Å². The molecule has 1 aromatic carbocycles. The molecule has 0 aliphatic heterocycles. The summed E-state index contributed by atoms with van der Waals surface area (Å²) in [7, 11) is 1.65. The van der Waals surface area contributed by atoms with Crippen molar-refractivity contribution in [2.75, 3.05) is 7.11 Å². The maximum Gasteiger partial charge on any atom is 0.118 e. The molecular weight excluding hydrogens is 188 g/mol. The second kappa shape index (κ2) is 4.67. The first-order valence-corrected chi connectivity index (χ1v) is 5.24. The van der Waals surface area contributed by atoms with E-state index in [4.69, 9.17) is 4.74 Å². The van der Waals surface area contributed by atoms with Crippen molar-refractivity contribution < 1.29 is 9.84 Å². The molecule has 0 spiro atoms. The Bertz CT molecular complexity index is 295. The molecule has 0 fully saturated rings. The minimum absolute atomic E-state index is 0.0695. The van der Waals surface area contributed by atoms with Gasteiger partial charge in [0.1, 0.15) is 5.75 Å². The van der Waals surface area contributed by atoms with Crippen LogP contribution in [-0.2, 0) is 6.42 Å². The first-order valence-electron chi connectivity index (χ1n) is 5.24. The van der Waals surface area contributed by atoms with Crippen molar-refractivity contribution in [3.63, 3.8) is 0 Å². The highest BCUT2D eigenvalue weighted by atomic mass is 16.5. The predicted molar refractivity (Wildman–Crippen MR) is 62.2 cm³/mol. The molecule has 1 atom stereocenters. The molecule has 0 saturated carbocycles. The van der Waals surface area contributed by atoms with Crippen LogP contribution in [0.25, 0.3) is 0 Å². The van der Waals surface area contributed by atoms with Crippen molar-refractivity contribution in [2.24, 2.45) is 5.41 Å². The molecule has 0 aromatic heterocycles. The summed E-state index contributed by atoms with van der Waals surface area (Å²) in [6.07, 6.45) is 0.374. The second-order valence-corrected chi connectivity index (χ2v) is 4.93. The maximum absolute atomic E-state index is 9.93. The number of ether oxygens (including phenoxy) is 1. The van der Waals surface area contributed by atoms with Gasteiger partial charge in [-0.05, 0) is 29.5 Å². The molecule has 15 heavy (non-hydrogen) atoms. The van der Waals surface area contributed by atoms with Crippen LogP contribution < -0.4 is 4.74 Å². The van der Waals surface area contributed by atoms with Crippen molar-refractivity contribution in [3.8, 4) is 5.75 Å².